The van der Waals surface area contributed by atoms with Crippen molar-refractivity contribution in [3.8, 4) is 0 Å². The maximum Gasteiger partial charge on any atom is 0.309 e. The van der Waals surface area contributed by atoms with E-state index in [1.807, 2.05) is 0 Å². The molecule has 0 aliphatic carbocycles. The van der Waals surface area contributed by atoms with Gasteiger partial charge in [0.2, 0.25) is 5.15 Å². The number of halogens is 1. The van der Waals surface area contributed by atoms with Gasteiger partial charge in [-0.05, 0) is 6.92 Å². The lowest BCUT2D eigenvalue weighted by Crippen LogP contribution is -1.98. The second-order valence-corrected chi connectivity index (χ2v) is 3.23. The van der Waals surface area contributed by atoms with Crippen molar-refractivity contribution in [1.29, 1.82) is 0 Å². The zero-order valence-corrected chi connectivity index (χ0v) is 8.86. The highest BCUT2D eigenvalue weighted by Crippen LogP contribution is 2.28. The zero-order chi connectivity index (χ0) is 11.4. The van der Waals surface area contributed by atoms with Crippen LogP contribution < -0.4 is 5.73 Å². The van der Waals surface area contributed by atoms with Crippen molar-refractivity contribution in [3.63, 3.8) is 0 Å². The first-order valence-corrected chi connectivity index (χ1v) is 4.61. The highest BCUT2D eigenvalue weighted by atomic mass is 35.5. The van der Waals surface area contributed by atoms with Gasteiger partial charge < -0.3 is 5.73 Å². The fourth-order valence-electron chi connectivity index (χ4n) is 1.15. The van der Waals surface area contributed by atoms with Crippen LogP contribution >= 0.6 is 11.6 Å². The summed E-state index contributed by atoms with van der Waals surface area (Å²) >= 11 is 5.63. The Morgan fingerprint density at radius 2 is 2.40 bits per heavy atom. The van der Waals surface area contributed by atoms with Gasteiger partial charge in [-0.25, -0.2) is 4.98 Å². The number of aromatic nitrogens is 1. The van der Waals surface area contributed by atoms with E-state index < -0.39 is 4.92 Å². The second kappa shape index (κ2) is 4.86. The lowest BCUT2D eigenvalue weighted by atomic mass is 10.1. The van der Waals surface area contributed by atoms with E-state index in [1.54, 1.807) is 19.1 Å². The molecule has 1 heterocycles. The van der Waals surface area contributed by atoms with Gasteiger partial charge in [0, 0.05) is 23.9 Å². The van der Waals surface area contributed by atoms with Crippen LogP contribution in [-0.2, 0) is 0 Å². The van der Waals surface area contributed by atoms with Crippen molar-refractivity contribution in [2.24, 2.45) is 5.73 Å². The van der Waals surface area contributed by atoms with Crippen molar-refractivity contribution in [3.05, 3.63) is 38.7 Å². The molecule has 0 atom stereocenters. The molecule has 0 bridgehead atoms. The molecule has 0 spiro atoms. The first-order chi connectivity index (χ1) is 7.07. The Kier molecular flexibility index (Phi) is 3.76. The van der Waals surface area contributed by atoms with E-state index in [-0.39, 0.29) is 10.8 Å². The average Bonchev–Trinajstić information content (AvgIpc) is 2.16. The molecule has 0 fully saturated rings. The van der Waals surface area contributed by atoms with Gasteiger partial charge in [-0.15, -0.1) is 0 Å². The number of pyridine rings is 1. The van der Waals surface area contributed by atoms with Crippen molar-refractivity contribution in [1.82, 2.24) is 4.98 Å². The fraction of sp³-hybridized carbons (Fsp3) is 0.222. The summed E-state index contributed by atoms with van der Waals surface area (Å²) in [5.41, 5.74) is 6.27. The lowest BCUT2D eigenvalue weighted by molar-refractivity contribution is -0.385. The number of nitrogens with zero attached hydrogens (tertiary/aromatic N) is 2. The van der Waals surface area contributed by atoms with Crippen LogP contribution in [0.2, 0.25) is 5.15 Å². The second-order valence-electron chi connectivity index (χ2n) is 2.87. The van der Waals surface area contributed by atoms with Crippen LogP contribution in [0.1, 0.15) is 11.1 Å². The summed E-state index contributed by atoms with van der Waals surface area (Å²) in [7, 11) is 0. The molecule has 0 aromatic carbocycles. The molecule has 1 aromatic heterocycles. The van der Waals surface area contributed by atoms with Crippen LogP contribution in [0.4, 0.5) is 5.69 Å². The van der Waals surface area contributed by atoms with Gasteiger partial charge in [-0.2, -0.15) is 0 Å². The van der Waals surface area contributed by atoms with E-state index in [1.165, 1.54) is 6.20 Å². The first-order valence-electron chi connectivity index (χ1n) is 4.24. The predicted octanol–water partition coefficient (Wildman–Crippen LogP) is 1.92. The fourth-order valence-corrected chi connectivity index (χ4v) is 1.41. The van der Waals surface area contributed by atoms with Gasteiger partial charge in [0.05, 0.1) is 4.92 Å². The maximum absolute atomic E-state index is 10.7. The number of hydrogen-bond donors (Lipinski definition) is 1. The smallest absolute Gasteiger partial charge is 0.309 e. The van der Waals surface area contributed by atoms with Gasteiger partial charge in [0.25, 0.3) is 0 Å². The highest BCUT2D eigenvalue weighted by molar-refractivity contribution is 6.31. The van der Waals surface area contributed by atoms with Gasteiger partial charge >= 0.3 is 5.69 Å². The van der Waals surface area contributed by atoms with E-state index in [2.05, 4.69) is 4.98 Å². The Balaban J connectivity index is 3.28. The number of rotatable bonds is 3. The summed E-state index contributed by atoms with van der Waals surface area (Å²) in [4.78, 5) is 13.9. The molecule has 15 heavy (non-hydrogen) atoms. The quantitative estimate of drug-likeness (QED) is 0.486. The maximum atomic E-state index is 10.7. The Hall–Kier alpha value is -1.46. The van der Waals surface area contributed by atoms with Crippen LogP contribution in [0.5, 0.6) is 0 Å². The molecule has 1 aromatic rings. The minimum Gasteiger partial charge on any atom is -0.327 e. The molecule has 6 heteroatoms. The van der Waals surface area contributed by atoms with Crippen molar-refractivity contribution < 1.29 is 4.92 Å². The molecule has 0 saturated heterocycles. The van der Waals surface area contributed by atoms with Crippen molar-refractivity contribution >= 4 is 23.4 Å². The lowest BCUT2D eigenvalue weighted by Gasteiger charge is -2.02. The van der Waals surface area contributed by atoms with Crippen LogP contribution in [0.25, 0.3) is 6.08 Å². The molecular formula is C9H10ClN3O2. The minimum atomic E-state index is -0.537. The van der Waals surface area contributed by atoms with Crippen LogP contribution in [0.15, 0.2) is 12.3 Å². The predicted molar refractivity (Wildman–Crippen MR) is 58.7 cm³/mol. The molecular weight excluding hydrogens is 218 g/mol. The first kappa shape index (κ1) is 11.6. The summed E-state index contributed by atoms with van der Waals surface area (Å²) in [5.74, 6) is 0. The monoisotopic (exact) mass is 227 g/mol. The normalized spacial score (nSPS) is 10.9. The van der Waals surface area contributed by atoms with E-state index in [9.17, 15) is 10.1 Å². The third-order valence-electron chi connectivity index (χ3n) is 1.92. The molecule has 0 amide bonds. The van der Waals surface area contributed by atoms with Gasteiger partial charge in [0.1, 0.15) is 0 Å². The largest absolute Gasteiger partial charge is 0.327 e. The molecule has 0 aliphatic rings. The third-order valence-corrected chi connectivity index (χ3v) is 2.19. The van der Waals surface area contributed by atoms with Crippen molar-refractivity contribution in [2.75, 3.05) is 6.54 Å². The Morgan fingerprint density at radius 3 is 2.93 bits per heavy atom. The summed E-state index contributed by atoms with van der Waals surface area (Å²) in [6, 6.07) is 0. The van der Waals surface area contributed by atoms with Gasteiger partial charge in [-0.3, -0.25) is 10.1 Å². The van der Waals surface area contributed by atoms with Crippen LogP contribution in [0.3, 0.4) is 0 Å². The molecule has 80 valence electrons. The zero-order valence-electron chi connectivity index (χ0n) is 8.11. The summed E-state index contributed by atoms with van der Waals surface area (Å²) in [6.07, 6.45) is 4.87. The van der Waals surface area contributed by atoms with E-state index in [0.29, 0.717) is 17.7 Å². The van der Waals surface area contributed by atoms with E-state index in [4.69, 9.17) is 17.3 Å². The Morgan fingerprint density at radius 1 is 1.73 bits per heavy atom. The number of nitrogens with two attached hydrogens (primary N) is 1. The standard InChI is InChI=1S/C9H10ClN3O2/c1-6-7(3-2-4-11)5-12-9(10)8(6)13(14)15/h2-3,5H,4,11H2,1H3. The van der Waals surface area contributed by atoms with Gasteiger partial charge in [0.15, 0.2) is 0 Å². The topological polar surface area (TPSA) is 82.0 Å². The summed E-state index contributed by atoms with van der Waals surface area (Å²) in [6.45, 7) is 2.00. The minimum absolute atomic E-state index is 0.0950. The van der Waals surface area contributed by atoms with E-state index >= 15 is 0 Å². The SMILES string of the molecule is Cc1c(C=CCN)cnc(Cl)c1[N+](=O)[O-]. The molecule has 2 N–H and O–H groups in total. The number of nitro groups is 1. The number of hydrogen-bond acceptors (Lipinski definition) is 4. The van der Waals surface area contributed by atoms with Gasteiger partial charge in [-0.1, -0.05) is 23.8 Å². The summed E-state index contributed by atoms with van der Waals surface area (Å²) in [5, 5.41) is 10.6. The molecule has 1 rings (SSSR count). The summed E-state index contributed by atoms with van der Waals surface area (Å²) < 4.78 is 0. The molecule has 0 aliphatic heterocycles. The van der Waals surface area contributed by atoms with E-state index in [0.717, 1.165) is 0 Å². The molecule has 0 radical (unpaired) electrons. The average molecular weight is 228 g/mol. The van der Waals surface area contributed by atoms with Crippen molar-refractivity contribution in [2.45, 2.75) is 6.92 Å². The van der Waals surface area contributed by atoms with Crippen LogP contribution in [0, 0.1) is 17.0 Å². The highest BCUT2D eigenvalue weighted by Gasteiger charge is 2.19. The van der Waals surface area contributed by atoms with Crippen LogP contribution in [-0.4, -0.2) is 16.5 Å². The molecule has 0 saturated carbocycles. The Bertz CT molecular complexity index is 418. The third kappa shape index (κ3) is 2.51. The Labute approximate surface area is 91.7 Å². The molecule has 5 nitrogen and oxygen atoms in total. The molecule has 0 unspecified atom stereocenters.